The van der Waals surface area contributed by atoms with E-state index in [9.17, 15) is 4.79 Å². The molecule has 0 aliphatic heterocycles. The molecule has 3 nitrogen and oxygen atoms in total. The van der Waals surface area contributed by atoms with E-state index in [0.29, 0.717) is 5.02 Å². The monoisotopic (exact) mass is 320 g/mol. The summed E-state index contributed by atoms with van der Waals surface area (Å²) in [5.74, 6) is -0.0788. The van der Waals surface area contributed by atoms with Gasteiger partial charge in [-0.1, -0.05) is 29.4 Å². The predicted octanol–water partition coefficient (Wildman–Crippen LogP) is 4.47. The van der Waals surface area contributed by atoms with Crippen LogP contribution in [0, 0.1) is 0 Å². The van der Waals surface area contributed by atoms with E-state index in [-0.39, 0.29) is 11.9 Å². The lowest BCUT2D eigenvalue weighted by atomic mass is 10.1. The molecule has 3 N–H and O–H groups in total. The van der Waals surface area contributed by atoms with Crippen molar-refractivity contribution in [2.75, 3.05) is 5.32 Å². The Kier molecular flexibility index (Phi) is 5.28. The molecule has 0 bridgehead atoms. The van der Waals surface area contributed by atoms with Crippen molar-refractivity contribution >= 4 is 35.0 Å². The average Bonchev–Trinajstić information content (AvgIpc) is 2.42. The zero-order valence-electron chi connectivity index (χ0n) is 11.9. The van der Waals surface area contributed by atoms with E-state index in [2.05, 4.69) is 5.32 Å². The Morgan fingerprint density at radius 3 is 2.43 bits per heavy atom. The van der Waals surface area contributed by atoms with Gasteiger partial charge in [0.1, 0.15) is 0 Å². The van der Waals surface area contributed by atoms with E-state index < -0.39 is 0 Å². The minimum absolute atomic E-state index is 0.0292. The highest BCUT2D eigenvalue weighted by molar-refractivity contribution is 7.99. The third kappa shape index (κ3) is 4.49. The first-order valence-electron chi connectivity index (χ1n) is 6.56. The minimum atomic E-state index is -0.0788. The molecule has 110 valence electrons. The zero-order chi connectivity index (χ0) is 15.4. The summed E-state index contributed by atoms with van der Waals surface area (Å²) in [6.07, 6.45) is 0. The molecule has 0 saturated heterocycles. The van der Waals surface area contributed by atoms with Crippen molar-refractivity contribution in [2.24, 2.45) is 5.73 Å². The Balaban J connectivity index is 2.13. The van der Waals surface area contributed by atoms with Crippen LogP contribution in [0.4, 0.5) is 5.69 Å². The third-order valence-electron chi connectivity index (χ3n) is 2.88. The second-order valence-electron chi connectivity index (χ2n) is 4.79. The Bertz CT molecular complexity index is 641. The average molecular weight is 321 g/mol. The van der Waals surface area contributed by atoms with Gasteiger partial charge in [-0.3, -0.25) is 4.79 Å². The molecule has 1 atom stereocenters. The van der Waals surface area contributed by atoms with Crippen molar-refractivity contribution in [3.63, 3.8) is 0 Å². The number of hydrogen-bond donors (Lipinski definition) is 2. The van der Waals surface area contributed by atoms with Gasteiger partial charge in [0.15, 0.2) is 0 Å². The van der Waals surface area contributed by atoms with E-state index in [4.69, 9.17) is 17.3 Å². The molecule has 0 heterocycles. The van der Waals surface area contributed by atoms with Crippen molar-refractivity contribution in [3.8, 4) is 0 Å². The molecule has 1 amide bonds. The highest BCUT2D eigenvalue weighted by Crippen LogP contribution is 2.35. The molecule has 0 aromatic heterocycles. The summed E-state index contributed by atoms with van der Waals surface area (Å²) in [4.78, 5) is 13.0. The minimum Gasteiger partial charge on any atom is -0.326 e. The van der Waals surface area contributed by atoms with Crippen LogP contribution in [-0.2, 0) is 4.79 Å². The smallest absolute Gasteiger partial charge is 0.221 e. The fourth-order valence-corrected chi connectivity index (χ4v) is 2.94. The van der Waals surface area contributed by atoms with Crippen LogP contribution >= 0.6 is 23.4 Å². The standard InChI is InChI=1S/C16H17ClN2OS/c1-10(18)12-3-8-16(15(17)9-12)21-14-6-4-13(5-7-14)19-11(2)20/h3-10H,18H2,1-2H3,(H,19,20). The normalized spacial score (nSPS) is 12.0. The Morgan fingerprint density at radius 2 is 1.90 bits per heavy atom. The molecule has 0 spiro atoms. The highest BCUT2D eigenvalue weighted by atomic mass is 35.5. The van der Waals surface area contributed by atoms with Gasteiger partial charge in [-0.15, -0.1) is 0 Å². The van der Waals surface area contributed by atoms with Gasteiger partial charge in [0.25, 0.3) is 0 Å². The number of halogens is 1. The van der Waals surface area contributed by atoms with Gasteiger partial charge in [-0.2, -0.15) is 0 Å². The second kappa shape index (κ2) is 6.98. The summed E-state index contributed by atoms with van der Waals surface area (Å²) in [6, 6.07) is 13.5. The van der Waals surface area contributed by atoms with Gasteiger partial charge in [-0.05, 0) is 48.9 Å². The van der Waals surface area contributed by atoms with Crippen molar-refractivity contribution in [1.29, 1.82) is 0 Å². The molecule has 0 radical (unpaired) electrons. The number of nitrogens with two attached hydrogens (primary N) is 1. The van der Waals surface area contributed by atoms with Gasteiger partial charge in [0.2, 0.25) is 5.91 Å². The van der Waals surface area contributed by atoms with Crippen molar-refractivity contribution in [1.82, 2.24) is 0 Å². The number of amides is 1. The Labute approximate surface area is 133 Å². The fourth-order valence-electron chi connectivity index (χ4n) is 1.82. The van der Waals surface area contributed by atoms with Crippen molar-refractivity contribution in [3.05, 3.63) is 53.1 Å². The van der Waals surface area contributed by atoms with E-state index in [0.717, 1.165) is 21.0 Å². The summed E-state index contributed by atoms with van der Waals surface area (Å²) >= 11 is 7.87. The number of benzene rings is 2. The first kappa shape index (κ1) is 15.9. The number of nitrogens with one attached hydrogen (secondary N) is 1. The molecule has 0 aliphatic carbocycles. The fraction of sp³-hybridized carbons (Fsp3) is 0.188. The number of carbonyl (C=O) groups excluding carboxylic acids is 1. The van der Waals surface area contributed by atoms with E-state index in [1.165, 1.54) is 6.92 Å². The maximum atomic E-state index is 11.0. The van der Waals surface area contributed by atoms with Crippen molar-refractivity contribution in [2.45, 2.75) is 29.7 Å². The number of carbonyl (C=O) groups is 1. The first-order valence-corrected chi connectivity index (χ1v) is 7.75. The van der Waals surface area contributed by atoms with Gasteiger partial charge in [0.05, 0.1) is 5.02 Å². The van der Waals surface area contributed by atoms with Crippen LogP contribution in [0.3, 0.4) is 0 Å². The largest absolute Gasteiger partial charge is 0.326 e. The SMILES string of the molecule is CC(=O)Nc1ccc(Sc2ccc(C(C)N)cc2Cl)cc1. The molecule has 1 unspecified atom stereocenters. The molecule has 2 rings (SSSR count). The summed E-state index contributed by atoms with van der Waals surface area (Å²) in [5.41, 5.74) is 7.64. The van der Waals surface area contributed by atoms with Crippen LogP contribution in [-0.4, -0.2) is 5.91 Å². The molecule has 2 aromatic carbocycles. The summed E-state index contributed by atoms with van der Waals surface area (Å²) < 4.78 is 0. The quantitative estimate of drug-likeness (QED) is 0.874. The van der Waals surface area contributed by atoms with Crippen LogP contribution in [0.25, 0.3) is 0 Å². The molecule has 0 aliphatic rings. The van der Waals surface area contributed by atoms with Gasteiger partial charge < -0.3 is 11.1 Å². The lowest BCUT2D eigenvalue weighted by molar-refractivity contribution is -0.114. The number of hydrogen-bond acceptors (Lipinski definition) is 3. The first-order chi connectivity index (χ1) is 9.95. The summed E-state index contributed by atoms with van der Waals surface area (Å²) in [6.45, 7) is 3.42. The lowest BCUT2D eigenvalue weighted by Gasteiger charge is -2.10. The van der Waals surface area contributed by atoms with Gasteiger partial charge in [0, 0.05) is 28.4 Å². The molecule has 5 heteroatoms. The molecular weight excluding hydrogens is 304 g/mol. The second-order valence-corrected chi connectivity index (χ2v) is 6.31. The maximum absolute atomic E-state index is 11.0. The summed E-state index contributed by atoms with van der Waals surface area (Å²) in [5, 5.41) is 3.43. The molecule has 0 saturated carbocycles. The summed E-state index contributed by atoms with van der Waals surface area (Å²) in [7, 11) is 0. The van der Waals surface area contributed by atoms with E-state index in [1.807, 2.05) is 49.4 Å². The Morgan fingerprint density at radius 1 is 1.24 bits per heavy atom. The maximum Gasteiger partial charge on any atom is 0.221 e. The lowest BCUT2D eigenvalue weighted by Crippen LogP contribution is -2.05. The Hall–Kier alpha value is -1.49. The third-order valence-corrected chi connectivity index (χ3v) is 4.39. The number of anilines is 1. The van der Waals surface area contributed by atoms with Gasteiger partial charge in [-0.25, -0.2) is 0 Å². The van der Waals surface area contributed by atoms with Crippen LogP contribution < -0.4 is 11.1 Å². The van der Waals surface area contributed by atoms with Crippen LogP contribution in [0.15, 0.2) is 52.3 Å². The van der Waals surface area contributed by atoms with Crippen LogP contribution in [0.2, 0.25) is 5.02 Å². The highest BCUT2D eigenvalue weighted by Gasteiger charge is 2.07. The van der Waals surface area contributed by atoms with Crippen LogP contribution in [0.5, 0.6) is 0 Å². The molecule has 21 heavy (non-hydrogen) atoms. The van der Waals surface area contributed by atoms with Crippen LogP contribution in [0.1, 0.15) is 25.5 Å². The van der Waals surface area contributed by atoms with Crippen molar-refractivity contribution < 1.29 is 4.79 Å². The molecule has 0 fully saturated rings. The molecular formula is C16H17ClN2OS. The predicted molar refractivity (Wildman–Crippen MR) is 88.9 cm³/mol. The zero-order valence-corrected chi connectivity index (χ0v) is 13.5. The number of rotatable bonds is 4. The molecule has 2 aromatic rings. The van der Waals surface area contributed by atoms with E-state index >= 15 is 0 Å². The van der Waals surface area contributed by atoms with E-state index in [1.54, 1.807) is 11.8 Å². The topological polar surface area (TPSA) is 55.1 Å². The van der Waals surface area contributed by atoms with Gasteiger partial charge >= 0.3 is 0 Å².